The van der Waals surface area contributed by atoms with E-state index in [9.17, 15) is 5.26 Å². The van der Waals surface area contributed by atoms with Gasteiger partial charge in [0.25, 0.3) is 0 Å². The Morgan fingerprint density at radius 1 is 0.258 bits per heavy atom. The average Bonchev–Trinajstić information content (AvgIpc) is 3.37. The van der Waals surface area contributed by atoms with E-state index in [-0.39, 0.29) is 0 Å². The van der Waals surface area contributed by atoms with Gasteiger partial charge >= 0.3 is 0 Å². The van der Waals surface area contributed by atoms with E-state index in [4.69, 9.17) is 29.9 Å². The minimum atomic E-state index is 0.573. The Bertz CT molecular complexity index is 3090. The molecule has 0 fully saturated rings. The van der Waals surface area contributed by atoms with Crippen molar-refractivity contribution in [3.63, 3.8) is 0 Å². The van der Waals surface area contributed by atoms with Gasteiger partial charge in [0.05, 0.1) is 11.6 Å². The van der Waals surface area contributed by atoms with E-state index < -0.39 is 0 Å². The Balaban J connectivity index is 1.10. The molecule has 0 radical (unpaired) electrons. The van der Waals surface area contributed by atoms with Crippen LogP contribution >= 0.6 is 0 Å². The molecule has 0 aliphatic carbocycles. The summed E-state index contributed by atoms with van der Waals surface area (Å²) in [7, 11) is 0. The van der Waals surface area contributed by atoms with Crippen molar-refractivity contribution >= 4 is 0 Å². The maximum atomic E-state index is 9.62. The van der Waals surface area contributed by atoms with Gasteiger partial charge in [-0.05, 0) is 51.6 Å². The summed E-state index contributed by atoms with van der Waals surface area (Å²) in [5, 5.41) is 9.62. The molecule has 7 nitrogen and oxygen atoms in total. The van der Waals surface area contributed by atoms with E-state index in [2.05, 4.69) is 66.7 Å². The van der Waals surface area contributed by atoms with Gasteiger partial charge in [-0.25, -0.2) is 29.9 Å². The largest absolute Gasteiger partial charge is 0.208 e. The fourth-order valence-electron chi connectivity index (χ4n) is 7.56. The molecule has 0 aliphatic heterocycles. The number of rotatable bonds is 9. The van der Waals surface area contributed by atoms with Gasteiger partial charge in [0.2, 0.25) is 0 Å². The molecule has 0 saturated heterocycles. The highest BCUT2D eigenvalue weighted by atomic mass is 15.0. The molecule has 10 rings (SSSR count). The molecule has 10 aromatic rings. The number of hydrogen-bond donors (Lipinski definition) is 0. The van der Waals surface area contributed by atoms with Gasteiger partial charge < -0.3 is 0 Å². The van der Waals surface area contributed by atoms with Crippen molar-refractivity contribution < 1.29 is 0 Å². The van der Waals surface area contributed by atoms with Gasteiger partial charge in [-0.15, -0.1) is 0 Å². The molecule has 0 aliphatic rings. The third-order valence-corrected chi connectivity index (χ3v) is 10.7. The Hall–Kier alpha value is -8.73. The average molecular weight is 794 g/mol. The fourth-order valence-corrected chi connectivity index (χ4v) is 7.56. The first-order valence-corrected chi connectivity index (χ1v) is 20.3. The zero-order valence-electron chi connectivity index (χ0n) is 33.3. The molecule has 0 amide bonds. The SMILES string of the molecule is N#Cc1ccc(-c2cccc(-c3ccc(-c4nc(-c5ccccc5)nc(-c5ccccc5)n4)cc3)c2-c2cccc(-c3nc(-c4ccccc4)nc(-c4ccccc4)n3)c2)cc1. The molecule has 0 N–H and O–H groups in total. The lowest BCUT2D eigenvalue weighted by Crippen LogP contribution is -2.00. The summed E-state index contributed by atoms with van der Waals surface area (Å²) in [5.41, 5.74) is 12.1. The first kappa shape index (κ1) is 37.5. The number of benzene rings is 8. The van der Waals surface area contributed by atoms with Gasteiger partial charge in [-0.3, -0.25) is 0 Å². The van der Waals surface area contributed by atoms with Gasteiger partial charge in [0.15, 0.2) is 34.9 Å². The van der Waals surface area contributed by atoms with E-state index in [0.717, 1.165) is 66.8 Å². The Morgan fingerprint density at radius 3 is 0.935 bits per heavy atom. The smallest absolute Gasteiger partial charge is 0.164 e. The van der Waals surface area contributed by atoms with Crippen LogP contribution in [0.3, 0.4) is 0 Å². The van der Waals surface area contributed by atoms with Crippen molar-refractivity contribution in [2.24, 2.45) is 0 Å². The zero-order chi connectivity index (χ0) is 41.7. The predicted octanol–water partition coefficient (Wildman–Crippen LogP) is 12.9. The van der Waals surface area contributed by atoms with Crippen LogP contribution in [-0.2, 0) is 0 Å². The molecular weight excluding hydrogens is 759 g/mol. The summed E-state index contributed by atoms with van der Waals surface area (Å²) >= 11 is 0. The van der Waals surface area contributed by atoms with Gasteiger partial charge in [-0.1, -0.05) is 194 Å². The lowest BCUT2D eigenvalue weighted by Gasteiger charge is -2.17. The summed E-state index contributed by atoms with van der Waals surface area (Å²) in [6.45, 7) is 0. The van der Waals surface area contributed by atoms with Gasteiger partial charge in [0, 0.05) is 33.4 Å². The van der Waals surface area contributed by atoms with Crippen molar-refractivity contribution in [3.8, 4) is 108 Å². The van der Waals surface area contributed by atoms with E-state index in [1.165, 1.54) is 0 Å². The Morgan fingerprint density at radius 2 is 0.548 bits per heavy atom. The summed E-state index contributed by atoms with van der Waals surface area (Å²) < 4.78 is 0. The van der Waals surface area contributed by atoms with E-state index >= 15 is 0 Å². The normalized spacial score (nSPS) is 10.9. The maximum Gasteiger partial charge on any atom is 0.164 e. The summed E-state index contributed by atoms with van der Waals surface area (Å²) in [6.07, 6.45) is 0. The topological polar surface area (TPSA) is 101 Å². The minimum absolute atomic E-state index is 0.573. The van der Waals surface area contributed by atoms with Gasteiger partial charge in [0.1, 0.15) is 0 Å². The number of aromatic nitrogens is 6. The summed E-state index contributed by atoms with van der Waals surface area (Å²) in [5.74, 6) is 3.59. The zero-order valence-corrected chi connectivity index (χ0v) is 33.3. The van der Waals surface area contributed by atoms with Crippen molar-refractivity contribution in [1.29, 1.82) is 5.26 Å². The second-order valence-corrected chi connectivity index (χ2v) is 14.7. The highest BCUT2D eigenvalue weighted by Gasteiger charge is 2.19. The number of nitrogens with zero attached hydrogens (tertiary/aromatic N) is 7. The Kier molecular flexibility index (Phi) is 10.2. The monoisotopic (exact) mass is 793 g/mol. The van der Waals surface area contributed by atoms with E-state index in [0.29, 0.717) is 40.5 Å². The molecule has 0 spiro atoms. The molecule has 0 bridgehead atoms. The summed E-state index contributed by atoms with van der Waals surface area (Å²) in [6, 6.07) is 73.1. The highest BCUT2D eigenvalue weighted by Crippen LogP contribution is 2.42. The van der Waals surface area contributed by atoms with Crippen LogP contribution in [0.2, 0.25) is 0 Å². The molecule has 8 aromatic carbocycles. The number of nitriles is 1. The first-order valence-electron chi connectivity index (χ1n) is 20.3. The van der Waals surface area contributed by atoms with E-state index in [1.807, 2.05) is 152 Å². The van der Waals surface area contributed by atoms with Crippen LogP contribution in [-0.4, -0.2) is 29.9 Å². The molecule has 62 heavy (non-hydrogen) atoms. The summed E-state index contributed by atoms with van der Waals surface area (Å²) in [4.78, 5) is 29.8. The molecule has 0 saturated carbocycles. The van der Waals surface area contributed by atoms with Crippen molar-refractivity contribution in [1.82, 2.24) is 29.9 Å². The van der Waals surface area contributed by atoms with Crippen molar-refractivity contribution in [2.75, 3.05) is 0 Å². The minimum Gasteiger partial charge on any atom is -0.208 e. The highest BCUT2D eigenvalue weighted by molar-refractivity contribution is 5.95. The molecule has 290 valence electrons. The maximum absolute atomic E-state index is 9.62. The van der Waals surface area contributed by atoms with Crippen LogP contribution in [0, 0.1) is 11.3 Å². The molecule has 0 unspecified atom stereocenters. The number of hydrogen-bond acceptors (Lipinski definition) is 7. The van der Waals surface area contributed by atoms with Crippen molar-refractivity contribution in [3.05, 3.63) is 218 Å². The van der Waals surface area contributed by atoms with Crippen molar-refractivity contribution in [2.45, 2.75) is 0 Å². The lowest BCUT2D eigenvalue weighted by atomic mass is 9.86. The van der Waals surface area contributed by atoms with Crippen LogP contribution in [0.5, 0.6) is 0 Å². The second-order valence-electron chi connectivity index (χ2n) is 14.7. The second kappa shape index (κ2) is 16.9. The van der Waals surface area contributed by atoms with Crippen LogP contribution < -0.4 is 0 Å². The van der Waals surface area contributed by atoms with Crippen LogP contribution in [0.4, 0.5) is 0 Å². The molecule has 0 atom stereocenters. The molecule has 2 heterocycles. The van der Waals surface area contributed by atoms with Crippen LogP contribution in [0.25, 0.3) is 102 Å². The quantitative estimate of drug-likeness (QED) is 0.143. The third kappa shape index (κ3) is 7.75. The van der Waals surface area contributed by atoms with Gasteiger partial charge in [-0.2, -0.15) is 5.26 Å². The third-order valence-electron chi connectivity index (χ3n) is 10.7. The molecule has 2 aromatic heterocycles. The lowest BCUT2D eigenvalue weighted by molar-refractivity contribution is 1.07. The standard InChI is InChI=1S/C55H35N7/c56-36-37-27-29-38(30-28-37)47-25-14-26-48(39-31-33-44(34-32-39)54-59-50(40-15-5-1-6-16-40)57-51(60-54)41-17-7-2-8-18-41)49(47)45-23-13-24-46(35-45)55-61-52(42-19-9-3-10-20-42)58-53(62-55)43-21-11-4-12-22-43/h1-35H. The van der Waals surface area contributed by atoms with E-state index in [1.54, 1.807) is 0 Å². The molecular formula is C55H35N7. The Labute approximate surface area is 359 Å². The molecule has 7 heteroatoms. The predicted molar refractivity (Wildman–Crippen MR) is 247 cm³/mol. The fraction of sp³-hybridized carbons (Fsp3) is 0. The first-order chi connectivity index (χ1) is 30.7. The van der Waals surface area contributed by atoms with Crippen LogP contribution in [0.15, 0.2) is 212 Å². The van der Waals surface area contributed by atoms with Crippen LogP contribution in [0.1, 0.15) is 5.56 Å².